The second-order valence-electron chi connectivity index (χ2n) is 2.97. The monoisotopic (exact) mass is 173 g/mol. The van der Waals surface area contributed by atoms with E-state index in [0.717, 1.165) is 0 Å². The van der Waals surface area contributed by atoms with Crippen molar-refractivity contribution in [2.45, 2.75) is 19.4 Å². The van der Waals surface area contributed by atoms with E-state index in [-0.39, 0.29) is 18.6 Å². The lowest BCUT2D eigenvalue weighted by Gasteiger charge is -2.31. The number of morpholine rings is 1. The Hall–Kier alpha value is -0.610. The van der Waals surface area contributed by atoms with Gasteiger partial charge in [0.2, 0.25) is 5.91 Å². The maximum atomic E-state index is 11.0. The zero-order valence-corrected chi connectivity index (χ0v) is 7.32. The molecule has 12 heavy (non-hydrogen) atoms. The maximum absolute atomic E-state index is 11.0. The van der Waals surface area contributed by atoms with Crippen LogP contribution in [-0.2, 0) is 9.53 Å². The van der Waals surface area contributed by atoms with Crippen LogP contribution in [0.15, 0.2) is 0 Å². The zero-order chi connectivity index (χ0) is 8.97. The average Bonchev–Trinajstić information content (AvgIpc) is 2.05. The topological polar surface area (TPSA) is 49.8 Å². The number of hydrogen-bond donors (Lipinski definition) is 1. The minimum atomic E-state index is 0.0210. The molecule has 0 radical (unpaired) electrons. The van der Waals surface area contributed by atoms with Crippen LogP contribution in [0.2, 0.25) is 0 Å². The Bertz CT molecular complexity index is 158. The van der Waals surface area contributed by atoms with Crippen molar-refractivity contribution in [3.8, 4) is 0 Å². The lowest BCUT2D eigenvalue weighted by atomic mass is 10.2. The van der Waals surface area contributed by atoms with E-state index in [0.29, 0.717) is 26.1 Å². The van der Waals surface area contributed by atoms with E-state index in [1.165, 1.54) is 0 Å². The van der Waals surface area contributed by atoms with Crippen molar-refractivity contribution in [3.63, 3.8) is 0 Å². The number of ether oxygens (including phenoxy) is 1. The molecule has 1 heterocycles. The SMILES string of the molecule is CC(=O)N1CCOC(CCO)C1. The van der Waals surface area contributed by atoms with Crippen LogP contribution in [0.25, 0.3) is 0 Å². The van der Waals surface area contributed by atoms with E-state index >= 15 is 0 Å². The van der Waals surface area contributed by atoms with Crippen LogP contribution in [-0.4, -0.2) is 48.3 Å². The van der Waals surface area contributed by atoms with Gasteiger partial charge in [-0.25, -0.2) is 0 Å². The molecule has 0 spiro atoms. The predicted octanol–water partition coefficient (Wildman–Crippen LogP) is -0.384. The highest BCUT2D eigenvalue weighted by Crippen LogP contribution is 2.07. The Morgan fingerprint density at radius 2 is 2.50 bits per heavy atom. The van der Waals surface area contributed by atoms with Gasteiger partial charge in [0.15, 0.2) is 0 Å². The van der Waals surface area contributed by atoms with E-state index in [9.17, 15) is 4.79 Å². The van der Waals surface area contributed by atoms with Crippen molar-refractivity contribution in [3.05, 3.63) is 0 Å². The minimum absolute atomic E-state index is 0.0210. The molecule has 1 unspecified atom stereocenters. The number of nitrogens with zero attached hydrogens (tertiary/aromatic N) is 1. The maximum Gasteiger partial charge on any atom is 0.219 e. The lowest BCUT2D eigenvalue weighted by molar-refractivity contribution is -0.136. The van der Waals surface area contributed by atoms with Gasteiger partial charge in [0, 0.05) is 26.6 Å². The van der Waals surface area contributed by atoms with Crippen LogP contribution in [0, 0.1) is 0 Å². The van der Waals surface area contributed by atoms with Gasteiger partial charge in [0.25, 0.3) is 0 Å². The summed E-state index contributed by atoms with van der Waals surface area (Å²) in [4.78, 5) is 12.7. The summed E-state index contributed by atoms with van der Waals surface area (Å²) >= 11 is 0. The smallest absolute Gasteiger partial charge is 0.219 e. The Morgan fingerprint density at radius 3 is 3.08 bits per heavy atom. The van der Waals surface area contributed by atoms with Gasteiger partial charge in [0.05, 0.1) is 12.7 Å². The number of aliphatic hydroxyl groups is 1. The molecule has 4 nitrogen and oxygen atoms in total. The number of hydrogen-bond acceptors (Lipinski definition) is 3. The molecule has 0 aliphatic carbocycles. The molecular weight excluding hydrogens is 158 g/mol. The van der Waals surface area contributed by atoms with Crippen LogP contribution < -0.4 is 0 Å². The van der Waals surface area contributed by atoms with E-state index in [1.54, 1.807) is 11.8 Å². The molecule has 0 aromatic heterocycles. The molecule has 1 atom stereocenters. The molecule has 4 heteroatoms. The van der Waals surface area contributed by atoms with Crippen LogP contribution in [0.1, 0.15) is 13.3 Å². The summed E-state index contributed by atoms with van der Waals surface area (Å²) in [5, 5.41) is 8.66. The van der Waals surface area contributed by atoms with Gasteiger partial charge in [0.1, 0.15) is 0 Å². The fourth-order valence-electron chi connectivity index (χ4n) is 1.32. The number of carbonyl (C=O) groups is 1. The number of amides is 1. The Morgan fingerprint density at radius 1 is 1.75 bits per heavy atom. The summed E-state index contributed by atoms with van der Waals surface area (Å²) in [7, 11) is 0. The predicted molar refractivity (Wildman–Crippen MR) is 43.7 cm³/mol. The standard InChI is InChI=1S/C8H15NO3/c1-7(11)9-3-5-12-8(6-9)2-4-10/h8,10H,2-6H2,1H3. The first-order valence-corrected chi connectivity index (χ1v) is 4.22. The molecule has 1 rings (SSSR count). The lowest BCUT2D eigenvalue weighted by Crippen LogP contribution is -2.44. The molecule has 1 amide bonds. The first kappa shape index (κ1) is 9.48. The third-order valence-electron chi connectivity index (χ3n) is 2.04. The van der Waals surface area contributed by atoms with Crippen molar-refractivity contribution in [1.82, 2.24) is 4.90 Å². The van der Waals surface area contributed by atoms with Gasteiger partial charge < -0.3 is 14.7 Å². The highest BCUT2D eigenvalue weighted by atomic mass is 16.5. The van der Waals surface area contributed by atoms with Gasteiger partial charge in [-0.05, 0) is 6.42 Å². The molecule has 70 valence electrons. The Balaban J connectivity index is 2.35. The van der Waals surface area contributed by atoms with Crippen molar-refractivity contribution >= 4 is 5.91 Å². The van der Waals surface area contributed by atoms with Crippen LogP contribution in [0.3, 0.4) is 0 Å². The molecule has 1 aliphatic heterocycles. The molecule has 1 aliphatic rings. The number of rotatable bonds is 2. The fraction of sp³-hybridized carbons (Fsp3) is 0.875. The molecule has 1 saturated heterocycles. The highest BCUT2D eigenvalue weighted by molar-refractivity contribution is 5.73. The third kappa shape index (κ3) is 2.46. The van der Waals surface area contributed by atoms with Crippen LogP contribution in [0.4, 0.5) is 0 Å². The van der Waals surface area contributed by atoms with E-state index in [1.807, 2.05) is 0 Å². The van der Waals surface area contributed by atoms with Gasteiger partial charge >= 0.3 is 0 Å². The minimum Gasteiger partial charge on any atom is -0.396 e. The molecule has 0 saturated carbocycles. The van der Waals surface area contributed by atoms with Crippen molar-refractivity contribution < 1.29 is 14.6 Å². The van der Waals surface area contributed by atoms with Crippen LogP contribution in [0.5, 0.6) is 0 Å². The van der Waals surface area contributed by atoms with E-state index in [2.05, 4.69) is 0 Å². The Labute approximate surface area is 72.1 Å². The van der Waals surface area contributed by atoms with Crippen molar-refractivity contribution in [1.29, 1.82) is 0 Å². The van der Waals surface area contributed by atoms with Gasteiger partial charge in [-0.3, -0.25) is 4.79 Å². The molecule has 1 N–H and O–H groups in total. The van der Waals surface area contributed by atoms with Gasteiger partial charge in [-0.2, -0.15) is 0 Å². The molecule has 0 aromatic rings. The molecule has 0 aromatic carbocycles. The van der Waals surface area contributed by atoms with Gasteiger partial charge in [-0.15, -0.1) is 0 Å². The summed E-state index contributed by atoms with van der Waals surface area (Å²) in [5.41, 5.74) is 0. The average molecular weight is 173 g/mol. The largest absolute Gasteiger partial charge is 0.396 e. The van der Waals surface area contributed by atoms with E-state index < -0.39 is 0 Å². The van der Waals surface area contributed by atoms with Crippen molar-refractivity contribution in [2.24, 2.45) is 0 Å². The summed E-state index contributed by atoms with van der Waals surface area (Å²) in [5.74, 6) is 0.0845. The van der Waals surface area contributed by atoms with Gasteiger partial charge in [-0.1, -0.05) is 0 Å². The van der Waals surface area contributed by atoms with Crippen molar-refractivity contribution in [2.75, 3.05) is 26.3 Å². The van der Waals surface area contributed by atoms with Crippen LogP contribution >= 0.6 is 0 Å². The number of aliphatic hydroxyl groups excluding tert-OH is 1. The number of carbonyl (C=O) groups excluding carboxylic acids is 1. The first-order chi connectivity index (χ1) is 5.74. The Kier molecular flexibility index (Phi) is 3.49. The normalized spacial score (nSPS) is 24.2. The fourth-order valence-corrected chi connectivity index (χ4v) is 1.32. The second-order valence-corrected chi connectivity index (χ2v) is 2.97. The highest BCUT2D eigenvalue weighted by Gasteiger charge is 2.21. The second kappa shape index (κ2) is 4.42. The summed E-state index contributed by atoms with van der Waals surface area (Å²) in [6, 6.07) is 0. The molecule has 0 bridgehead atoms. The third-order valence-corrected chi connectivity index (χ3v) is 2.04. The summed E-state index contributed by atoms with van der Waals surface area (Å²) in [6.45, 7) is 3.56. The molecule has 1 fully saturated rings. The zero-order valence-electron chi connectivity index (χ0n) is 7.32. The molecular formula is C8H15NO3. The first-order valence-electron chi connectivity index (χ1n) is 4.22. The quantitative estimate of drug-likeness (QED) is 0.619. The van der Waals surface area contributed by atoms with E-state index in [4.69, 9.17) is 9.84 Å². The summed E-state index contributed by atoms with van der Waals surface area (Å²) < 4.78 is 5.34. The summed E-state index contributed by atoms with van der Waals surface area (Å²) in [6.07, 6.45) is 0.636.